The van der Waals surface area contributed by atoms with E-state index in [1.165, 1.54) is 36.4 Å². The standard InChI is InChI=1S/C16H19F3O4.C13H16F3NO.C12H14F3NO.C12H17NO.C11H13F2NO.C9H18O2.C7H13ClO2/c1-4-15(2,3)14(21)23-9-8-22-13(20)11-6-5-7-12(10-11)16(17,18)19;1-4-12(2,3)11(18)17-10-7-5-6-9(8-10)13(14,15)16;1-3-8(2)11(17)16-10-6-4-5-9(7-10)12(13,14)15;1-4-9(2)12(14)13-11-8-6-5-7-10(11)3;1-3-7(2)11(15)14-10-5-4-8(12)6-9(10)13;1-4-6-7-11-9(10)8(3)5-2;1-4-7(3,8)6(9)10-5-2/h5-7,10H,4,8-9H2,1-3H3;5-8H,4H2,1-3H3,(H,17,18);4-8H,3H2,1-2H3,(H,16,17);5-9H,4H2,1-3H3,(H,13,14);4-7H,3H2,1-2H3,(H,14,15);8H,4-7H2,1-3H3;4-5H2,1-3H3. The first kappa shape index (κ1) is 101. The van der Waals surface area contributed by atoms with Crippen molar-refractivity contribution in [3.63, 3.8) is 0 Å². The van der Waals surface area contributed by atoms with E-state index in [9.17, 15) is 86.7 Å². The van der Waals surface area contributed by atoms with Gasteiger partial charge >= 0.3 is 42.4 Å². The van der Waals surface area contributed by atoms with Gasteiger partial charge in [-0.05, 0) is 164 Å². The zero-order valence-electron chi connectivity index (χ0n) is 65.4. The molecule has 5 aromatic carbocycles. The maximum absolute atomic E-state index is 13.1. The van der Waals surface area contributed by atoms with Crippen LogP contribution in [0.25, 0.3) is 0 Å². The van der Waals surface area contributed by atoms with Gasteiger partial charge in [0.1, 0.15) is 29.7 Å². The lowest BCUT2D eigenvalue weighted by Gasteiger charge is -2.21. The summed E-state index contributed by atoms with van der Waals surface area (Å²) in [5, 5.41) is 10.3. The van der Waals surface area contributed by atoms with Gasteiger partial charge in [0, 0.05) is 46.3 Å². The van der Waals surface area contributed by atoms with Gasteiger partial charge in [-0.25, -0.2) is 13.6 Å². The highest BCUT2D eigenvalue weighted by atomic mass is 35.5. The zero-order chi connectivity index (χ0) is 83.6. The van der Waals surface area contributed by atoms with Crippen LogP contribution in [0.3, 0.4) is 0 Å². The second kappa shape index (κ2) is 50.2. The fourth-order valence-corrected chi connectivity index (χ4v) is 7.27. The Balaban J connectivity index is 0. The highest BCUT2D eigenvalue weighted by Gasteiger charge is 2.34. The van der Waals surface area contributed by atoms with E-state index < -0.39 is 74.5 Å². The van der Waals surface area contributed by atoms with Crippen molar-refractivity contribution in [2.24, 2.45) is 34.5 Å². The molecule has 5 unspecified atom stereocenters. The number of ether oxygens (including phenoxy) is 4. The molecule has 5 rings (SSSR count). The molecule has 5 atom stereocenters. The largest absolute Gasteiger partial charge is 0.465 e. The number of carbonyl (C=O) groups is 8. The van der Waals surface area contributed by atoms with Crippen LogP contribution in [0.1, 0.15) is 215 Å². The molecule has 0 saturated carbocycles. The molecule has 4 amide bonds. The number of hydrogen-bond donors (Lipinski definition) is 4. The SMILES string of the molecule is CCC(C)(C)C(=O)Nc1cccc(C(F)(F)F)c1.CCC(C)(C)C(=O)OCCOC(=O)c1cccc(C(F)(F)F)c1.CCC(C)C(=O)Nc1ccc(F)cc1F.CCC(C)C(=O)Nc1cccc(C(F)(F)F)c1.CCC(C)C(=O)Nc1ccccc1C.CCCCOC(=O)C(C)CC.CCOC(=O)C(C)(Cl)CC. The summed E-state index contributed by atoms with van der Waals surface area (Å²) < 4.78 is 158. The van der Waals surface area contributed by atoms with Crippen molar-refractivity contribution in [2.75, 3.05) is 47.7 Å². The summed E-state index contributed by atoms with van der Waals surface area (Å²) in [6.07, 6.45) is -6.42. The van der Waals surface area contributed by atoms with E-state index in [1.54, 1.807) is 55.4 Å². The van der Waals surface area contributed by atoms with Gasteiger partial charge in [-0.15, -0.1) is 11.6 Å². The van der Waals surface area contributed by atoms with E-state index in [2.05, 4.69) is 28.2 Å². The van der Waals surface area contributed by atoms with Gasteiger partial charge in [0.25, 0.3) is 0 Å². The zero-order valence-corrected chi connectivity index (χ0v) is 66.2. The second-order valence-corrected chi connectivity index (χ2v) is 27.2. The van der Waals surface area contributed by atoms with Crippen molar-refractivity contribution < 1.29 is 106 Å². The van der Waals surface area contributed by atoms with E-state index in [1.807, 2.05) is 93.5 Å². The first-order chi connectivity index (χ1) is 50.0. The molecule has 28 heteroatoms. The minimum atomic E-state index is -4.53. The lowest BCUT2D eigenvalue weighted by molar-refractivity contribution is -0.155. The fraction of sp³-hybridized carbons (Fsp3) is 0.525. The predicted octanol–water partition coefficient (Wildman–Crippen LogP) is 21.9. The first-order valence-electron chi connectivity index (χ1n) is 35.7. The van der Waals surface area contributed by atoms with Gasteiger partial charge in [0.2, 0.25) is 23.6 Å². The number of alkyl halides is 10. The van der Waals surface area contributed by atoms with E-state index in [0.29, 0.717) is 51.4 Å². The maximum Gasteiger partial charge on any atom is 0.416 e. The number of benzene rings is 5. The molecule has 606 valence electrons. The molecule has 16 nitrogen and oxygen atoms in total. The van der Waals surface area contributed by atoms with Crippen molar-refractivity contribution in [3.8, 4) is 0 Å². The summed E-state index contributed by atoms with van der Waals surface area (Å²) >= 11 is 5.78. The molecule has 0 radical (unpaired) electrons. The van der Waals surface area contributed by atoms with Crippen LogP contribution < -0.4 is 21.3 Å². The summed E-state index contributed by atoms with van der Waals surface area (Å²) in [6, 6.07) is 24.1. The Morgan fingerprint density at radius 1 is 0.435 bits per heavy atom. The predicted molar refractivity (Wildman–Crippen MR) is 401 cm³/mol. The van der Waals surface area contributed by atoms with Gasteiger partial charge in [0.15, 0.2) is 0 Å². The van der Waals surface area contributed by atoms with Gasteiger partial charge in [-0.1, -0.05) is 140 Å². The number of aryl methyl sites for hydroxylation is 1. The Bertz CT molecular complexity index is 3570. The molecule has 0 aromatic heterocycles. The monoisotopic (exact) mass is 1560 g/mol. The molecule has 4 N–H and O–H groups in total. The number of para-hydroxylation sites is 1. The number of rotatable bonds is 26. The number of carbonyl (C=O) groups excluding carboxylic acids is 8. The summed E-state index contributed by atoms with van der Waals surface area (Å²) in [5.41, 5.74) is -1.54. The molecule has 0 aliphatic heterocycles. The van der Waals surface area contributed by atoms with Crippen molar-refractivity contribution in [2.45, 2.75) is 213 Å². The Labute approximate surface area is 634 Å². The third-order valence-corrected chi connectivity index (χ3v) is 17.1. The summed E-state index contributed by atoms with van der Waals surface area (Å²) in [4.78, 5) is 90.8. The van der Waals surface area contributed by atoms with E-state index >= 15 is 0 Å². The molecular weight excluding hydrogens is 1450 g/mol. The highest BCUT2D eigenvalue weighted by molar-refractivity contribution is 6.33. The third kappa shape index (κ3) is 40.5. The number of hydrogen-bond acceptors (Lipinski definition) is 12. The third-order valence-electron chi connectivity index (χ3n) is 16.7. The quantitative estimate of drug-likeness (QED) is 0.0133. The average Bonchev–Trinajstić information content (AvgIpc) is 0.845. The van der Waals surface area contributed by atoms with Gasteiger partial charge < -0.3 is 40.2 Å². The van der Waals surface area contributed by atoms with Gasteiger partial charge in [-0.3, -0.25) is 33.6 Å². The minimum Gasteiger partial charge on any atom is -0.465 e. The molecule has 0 heterocycles. The van der Waals surface area contributed by atoms with Gasteiger partial charge in [-0.2, -0.15) is 39.5 Å². The first-order valence-corrected chi connectivity index (χ1v) is 36.1. The lowest BCUT2D eigenvalue weighted by atomic mass is 9.89. The van der Waals surface area contributed by atoms with Crippen LogP contribution in [-0.4, -0.2) is 78.8 Å². The fourth-order valence-electron chi connectivity index (χ4n) is 7.21. The summed E-state index contributed by atoms with van der Waals surface area (Å²) in [6.45, 7) is 35.6. The Morgan fingerprint density at radius 2 is 0.870 bits per heavy atom. The highest BCUT2D eigenvalue weighted by Crippen LogP contribution is 2.34. The van der Waals surface area contributed by atoms with Crippen LogP contribution in [0, 0.1) is 53.1 Å². The number of halogens is 12. The molecule has 0 aliphatic carbocycles. The molecule has 0 aliphatic rings. The lowest BCUT2D eigenvalue weighted by Crippen LogP contribution is -2.30. The van der Waals surface area contributed by atoms with Crippen LogP contribution in [0.2, 0.25) is 0 Å². The van der Waals surface area contributed by atoms with Crippen LogP contribution in [-0.2, 0) is 71.0 Å². The number of nitrogens with one attached hydrogen (secondary N) is 4. The number of unbranched alkanes of at least 4 members (excludes halogenated alkanes) is 1. The van der Waals surface area contributed by atoms with E-state index in [4.69, 9.17) is 30.5 Å². The molecule has 108 heavy (non-hydrogen) atoms. The average molecular weight is 1560 g/mol. The van der Waals surface area contributed by atoms with Crippen LogP contribution >= 0.6 is 11.6 Å². The van der Waals surface area contributed by atoms with Crippen molar-refractivity contribution in [1.82, 2.24) is 0 Å². The van der Waals surface area contributed by atoms with Crippen LogP contribution in [0.5, 0.6) is 0 Å². The second-order valence-electron chi connectivity index (χ2n) is 26.4. The topological polar surface area (TPSA) is 222 Å². The smallest absolute Gasteiger partial charge is 0.416 e. The summed E-state index contributed by atoms with van der Waals surface area (Å²) in [5.74, 6) is -4.11. The van der Waals surface area contributed by atoms with E-state index in [-0.39, 0.29) is 95.1 Å². The molecular formula is C80H110ClF11N4O12. The minimum absolute atomic E-state index is 0.0155. The Kier molecular flexibility index (Phi) is 47.1. The van der Waals surface area contributed by atoms with Crippen molar-refractivity contribution >= 4 is 81.9 Å². The van der Waals surface area contributed by atoms with Crippen molar-refractivity contribution in [3.05, 3.63) is 155 Å². The molecule has 5 aromatic rings. The van der Waals surface area contributed by atoms with Gasteiger partial charge in [0.05, 0.1) is 52.5 Å². The molecule has 0 saturated heterocycles. The maximum atomic E-state index is 13.1. The summed E-state index contributed by atoms with van der Waals surface area (Å²) in [7, 11) is 0. The number of amides is 4. The molecule has 0 bridgehead atoms. The van der Waals surface area contributed by atoms with Crippen LogP contribution in [0.4, 0.5) is 71.0 Å². The molecule has 0 spiro atoms. The normalized spacial score (nSPS) is 12.7. The Morgan fingerprint density at radius 3 is 1.30 bits per heavy atom. The Hall–Kier alpha value is -8.62. The number of anilines is 4. The van der Waals surface area contributed by atoms with Crippen LogP contribution in [0.15, 0.2) is 115 Å². The number of esters is 4. The van der Waals surface area contributed by atoms with Crippen molar-refractivity contribution in [1.29, 1.82) is 0 Å². The molecule has 0 fully saturated rings. The van der Waals surface area contributed by atoms with E-state index in [0.717, 1.165) is 85.5 Å².